The highest BCUT2D eigenvalue weighted by Gasteiger charge is 2.31. The van der Waals surface area contributed by atoms with E-state index in [-0.39, 0.29) is 5.92 Å². The van der Waals surface area contributed by atoms with E-state index in [9.17, 15) is 17.6 Å². The Kier molecular flexibility index (Phi) is 4.47. The molecule has 1 aliphatic rings. The molecule has 1 N–H and O–H groups in total. The minimum absolute atomic E-state index is 0.0187. The fourth-order valence-corrected chi connectivity index (χ4v) is 2.68. The molecule has 1 fully saturated rings. The Labute approximate surface area is 130 Å². The number of aromatic nitrogens is 1. The fourth-order valence-electron chi connectivity index (χ4n) is 2.68. The molecule has 0 bridgehead atoms. The van der Waals surface area contributed by atoms with Gasteiger partial charge in [-0.05, 0) is 18.5 Å². The van der Waals surface area contributed by atoms with Crippen LogP contribution in [0.5, 0.6) is 5.88 Å². The number of ether oxygens (including phenoxy) is 1. The predicted octanol–water partition coefficient (Wildman–Crippen LogP) is 3.37. The number of hydrogen-bond donors (Lipinski definition) is 1. The lowest BCUT2D eigenvalue weighted by Crippen LogP contribution is -2.22. The molecular weight excluding hydrogens is 312 g/mol. The first-order valence-electron chi connectivity index (χ1n) is 7.20. The van der Waals surface area contributed by atoms with E-state index in [0.717, 1.165) is 18.5 Å². The lowest BCUT2D eigenvalue weighted by atomic mass is 9.95. The topological polar surface area (TPSA) is 34.1 Å². The van der Waals surface area contributed by atoms with Gasteiger partial charge in [0.15, 0.2) is 0 Å². The van der Waals surface area contributed by atoms with Gasteiger partial charge in [0.25, 0.3) is 11.8 Å². The number of benzene rings is 1. The van der Waals surface area contributed by atoms with Gasteiger partial charge in [-0.1, -0.05) is 30.3 Å². The van der Waals surface area contributed by atoms with Crippen LogP contribution in [-0.4, -0.2) is 18.1 Å². The van der Waals surface area contributed by atoms with Crippen molar-refractivity contribution < 1.29 is 22.3 Å². The highest BCUT2D eigenvalue weighted by atomic mass is 19.2. The summed E-state index contributed by atoms with van der Waals surface area (Å²) in [6, 6.07) is 8.92. The van der Waals surface area contributed by atoms with E-state index in [2.05, 4.69) is 10.3 Å². The molecule has 2 heterocycles. The standard InChI is InChI=1S/C16H14F4N2O/c17-11-12(18)15(20)22-16(13(11)19)23-14(10-6-7-21-8-10)9-4-2-1-3-5-9/h1-5,10,14,21H,6-8H2/t10-,14?/m0/s1. The highest BCUT2D eigenvalue weighted by Crippen LogP contribution is 2.33. The summed E-state index contributed by atoms with van der Waals surface area (Å²) < 4.78 is 58.9. The third-order valence-corrected chi connectivity index (χ3v) is 3.85. The maximum absolute atomic E-state index is 13.8. The smallest absolute Gasteiger partial charge is 0.257 e. The summed E-state index contributed by atoms with van der Waals surface area (Å²) in [4.78, 5) is 3.07. The van der Waals surface area contributed by atoms with Gasteiger partial charge >= 0.3 is 0 Å². The quantitative estimate of drug-likeness (QED) is 0.691. The maximum atomic E-state index is 13.8. The summed E-state index contributed by atoms with van der Waals surface area (Å²) in [6.45, 7) is 1.38. The molecule has 3 nitrogen and oxygen atoms in total. The second-order valence-electron chi connectivity index (χ2n) is 5.35. The first-order valence-corrected chi connectivity index (χ1v) is 7.20. The van der Waals surface area contributed by atoms with Gasteiger partial charge in [0, 0.05) is 12.5 Å². The number of halogens is 4. The van der Waals surface area contributed by atoms with E-state index in [1.807, 2.05) is 6.07 Å². The molecule has 2 aromatic rings. The summed E-state index contributed by atoms with van der Waals surface area (Å²) in [6.07, 6.45) is 0.116. The van der Waals surface area contributed by atoms with Gasteiger partial charge in [0.1, 0.15) is 6.10 Å². The van der Waals surface area contributed by atoms with E-state index in [1.165, 1.54) is 0 Å². The zero-order valence-electron chi connectivity index (χ0n) is 12.0. The Morgan fingerprint density at radius 2 is 1.78 bits per heavy atom. The third-order valence-electron chi connectivity index (χ3n) is 3.85. The summed E-state index contributed by atoms with van der Waals surface area (Å²) in [7, 11) is 0. The summed E-state index contributed by atoms with van der Waals surface area (Å²) in [5.41, 5.74) is 0.729. The average Bonchev–Trinajstić information content (AvgIpc) is 3.10. The molecule has 0 radical (unpaired) electrons. The summed E-state index contributed by atoms with van der Waals surface area (Å²) >= 11 is 0. The first kappa shape index (κ1) is 15.7. The van der Waals surface area contributed by atoms with Crippen LogP contribution >= 0.6 is 0 Å². The molecule has 3 rings (SSSR count). The van der Waals surface area contributed by atoms with Gasteiger partial charge < -0.3 is 10.1 Å². The summed E-state index contributed by atoms with van der Waals surface area (Å²) in [5.74, 6) is -8.12. The van der Waals surface area contributed by atoms with Crippen LogP contribution in [0.1, 0.15) is 18.1 Å². The number of pyridine rings is 1. The van der Waals surface area contributed by atoms with Crippen molar-refractivity contribution >= 4 is 0 Å². The SMILES string of the molecule is Fc1nc(OC(c2ccccc2)[C@H]2CCNC2)c(F)c(F)c1F. The van der Waals surface area contributed by atoms with E-state index in [1.54, 1.807) is 24.3 Å². The van der Waals surface area contributed by atoms with Crippen molar-refractivity contribution in [2.75, 3.05) is 13.1 Å². The highest BCUT2D eigenvalue weighted by molar-refractivity contribution is 5.23. The Balaban J connectivity index is 1.96. The van der Waals surface area contributed by atoms with Crippen LogP contribution < -0.4 is 10.1 Å². The minimum atomic E-state index is -1.95. The van der Waals surface area contributed by atoms with Crippen LogP contribution in [0.25, 0.3) is 0 Å². The Morgan fingerprint density at radius 3 is 2.43 bits per heavy atom. The Morgan fingerprint density at radius 1 is 1.04 bits per heavy atom. The molecular formula is C16H14F4N2O. The molecule has 1 aromatic carbocycles. The van der Waals surface area contributed by atoms with E-state index < -0.39 is 35.4 Å². The predicted molar refractivity (Wildman–Crippen MR) is 74.9 cm³/mol. The van der Waals surface area contributed by atoms with Crippen molar-refractivity contribution in [2.45, 2.75) is 12.5 Å². The first-order chi connectivity index (χ1) is 11.1. The zero-order chi connectivity index (χ0) is 16.4. The van der Waals surface area contributed by atoms with Crippen molar-refractivity contribution in [3.8, 4) is 5.88 Å². The number of hydrogen-bond acceptors (Lipinski definition) is 3. The monoisotopic (exact) mass is 326 g/mol. The van der Waals surface area contributed by atoms with Gasteiger partial charge in [-0.3, -0.25) is 0 Å². The molecule has 122 valence electrons. The van der Waals surface area contributed by atoms with E-state index in [0.29, 0.717) is 6.54 Å². The fraction of sp³-hybridized carbons (Fsp3) is 0.312. The largest absolute Gasteiger partial charge is 0.467 e. The minimum Gasteiger partial charge on any atom is -0.467 e. The van der Waals surface area contributed by atoms with Crippen LogP contribution in [0.15, 0.2) is 30.3 Å². The molecule has 1 unspecified atom stereocenters. The maximum Gasteiger partial charge on any atom is 0.257 e. The summed E-state index contributed by atoms with van der Waals surface area (Å²) in [5, 5.41) is 3.15. The normalized spacial score (nSPS) is 18.9. The zero-order valence-corrected chi connectivity index (χ0v) is 12.0. The number of nitrogens with zero attached hydrogens (tertiary/aromatic N) is 1. The second kappa shape index (κ2) is 6.54. The molecule has 0 aliphatic carbocycles. The molecule has 2 atom stereocenters. The average molecular weight is 326 g/mol. The third kappa shape index (κ3) is 3.14. The van der Waals surface area contributed by atoms with Crippen molar-refractivity contribution in [3.05, 3.63) is 59.3 Å². The lowest BCUT2D eigenvalue weighted by molar-refractivity contribution is 0.126. The Bertz CT molecular complexity index is 690. The molecule has 1 aliphatic heterocycles. The van der Waals surface area contributed by atoms with Crippen LogP contribution in [-0.2, 0) is 0 Å². The molecule has 0 spiro atoms. The van der Waals surface area contributed by atoms with Crippen molar-refractivity contribution in [1.29, 1.82) is 0 Å². The van der Waals surface area contributed by atoms with Crippen molar-refractivity contribution in [1.82, 2.24) is 10.3 Å². The molecule has 7 heteroatoms. The van der Waals surface area contributed by atoms with Gasteiger partial charge in [-0.15, -0.1) is 0 Å². The molecule has 0 amide bonds. The lowest BCUT2D eigenvalue weighted by Gasteiger charge is -2.24. The van der Waals surface area contributed by atoms with Crippen LogP contribution in [0.3, 0.4) is 0 Å². The Hall–Kier alpha value is -2.15. The molecule has 1 aromatic heterocycles. The van der Waals surface area contributed by atoms with Crippen LogP contribution in [0, 0.1) is 29.3 Å². The number of rotatable bonds is 4. The number of nitrogens with one attached hydrogen (secondary N) is 1. The molecule has 1 saturated heterocycles. The molecule has 23 heavy (non-hydrogen) atoms. The molecule has 0 saturated carbocycles. The van der Waals surface area contributed by atoms with Crippen LogP contribution in [0.2, 0.25) is 0 Å². The van der Waals surface area contributed by atoms with E-state index in [4.69, 9.17) is 4.74 Å². The van der Waals surface area contributed by atoms with Gasteiger partial charge in [-0.2, -0.15) is 18.2 Å². The second-order valence-corrected chi connectivity index (χ2v) is 5.35. The van der Waals surface area contributed by atoms with Gasteiger partial charge in [0.05, 0.1) is 0 Å². The van der Waals surface area contributed by atoms with Gasteiger partial charge in [-0.25, -0.2) is 4.39 Å². The van der Waals surface area contributed by atoms with Crippen LogP contribution in [0.4, 0.5) is 17.6 Å². The van der Waals surface area contributed by atoms with Gasteiger partial charge in [0.2, 0.25) is 17.5 Å². The van der Waals surface area contributed by atoms with Crippen molar-refractivity contribution in [2.24, 2.45) is 5.92 Å². The van der Waals surface area contributed by atoms with E-state index >= 15 is 0 Å². The van der Waals surface area contributed by atoms with Crippen molar-refractivity contribution in [3.63, 3.8) is 0 Å².